The molecular weight excluding hydrogens is 164 g/mol. The van der Waals surface area contributed by atoms with Gasteiger partial charge in [-0.15, -0.1) is 0 Å². The lowest BCUT2D eigenvalue weighted by Crippen LogP contribution is -2.17. The summed E-state index contributed by atoms with van der Waals surface area (Å²) in [7, 11) is 1.84. The summed E-state index contributed by atoms with van der Waals surface area (Å²) in [5.41, 5.74) is 0. The summed E-state index contributed by atoms with van der Waals surface area (Å²) in [5.74, 6) is 0.292. The second-order valence-corrected chi connectivity index (χ2v) is 2.94. The number of aromatic nitrogens is 1. The quantitative estimate of drug-likeness (QED) is 0.600. The van der Waals surface area contributed by atoms with Gasteiger partial charge in [0.05, 0.1) is 0 Å². The van der Waals surface area contributed by atoms with Gasteiger partial charge in [-0.3, -0.25) is 9.78 Å². The van der Waals surface area contributed by atoms with Crippen molar-refractivity contribution in [2.24, 2.45) is 0 Å². The first-order valence-corrected chi connectivity index (χ1v) is 4.39. The predicted octanol–water partition coefficient (Wildman–Crippen LogP) is 1.32. The van der Waals surface area contributed by atoms with Crippen LogP contribution in [0.5, 0.6) is 0 Å². The minimum Gasteiger partial charge on any atom is -0.346 e. The molecule has 1 saturated heterocycles. The molecule has 1 aromatic heterocycles. The van der Waals surface area contributed by atoms with Crippen LogP contribution in [-0.2, 0) is 4.79 Å². The highest BCUT2D eigenvalue weighted by molar-refractivity contribution is 5.77. The molecule has 0 bridgehead atoms. The molecule has 0 aliphatic carbocycles. The lowest BCUT2D eigenvalue weighted by atomic mass is 10.4. The van der Waals surface area contributed by atoms with Crippen LogP contribution in [-0.4, -0.2) is 29.4 Å². The molecule has 1 fully saturated rings. The van der Waals surface area contributed by atoms with E-state index >= 15 is 0 Å². The number of pyridine rings is 1. The number of carbonyl (C=O) groups is 1. The fraction of sp³-hybridized carbons (Fsp3) is 0.400. The number of carbonyl (C=O) groups excluding carboxylic acids is 1. The molecule has 2 rings (SSSR count). The smallest absolute Gasteiger partial charge is 0.222 e. The molecular formula is C10H14N2O. The third-order valence-corrected chi connectivity index (χ3v) is 1.88. The highest BCUT2D eigenvalue weighted by Gasteiger charge is 2.14. The van der Waals surface area contributed by atoms with Crippen molar-refractivity contribution in [1.29, 1.82) is 0 Å². The first kappa shape index (κ1) is 9.71. The number of amides is 1. The Morgan fingerprint density at radius 1 is 1.31 bits per heavy atom. The van der Waals surface area contributed by atoms with Crippen molar-refractivity contribution in [1.82, 2.24) is 9.88 Å². The van der Waals surface area contributed by atoms with Crippen LogP contribution < -0.4 is 0 Å². The maximum Gasteiger partial charge on any atom is 0.222 e. The zero-order chi connectivity index (χ0) is 9.52. The van der Waals surface area contributed by atoms with E-state index in [1.807, 2.05) is 25.2 Å². The van der Waals surface area contributed by atoms with Crippen LogP contribution in [0.3, 0.4) is 0 Å². The van der Waals surface area contributed by atoms with Gasteiger partial charge >= 0.3 is 0 Å². The molecule has 1 aliphatic rings. The summed E-state index contributed by atoms with van der Waals surface area (Å²) in [5, 5.41) is 0. The van der Waals surface area contributed by atoms with Gasteiger partial charge in [-0.1, -0.05) is 6.07 Å². The van der Waals surface area contributed by atoms with Crippen molar-refractivity contribution < 1.29 is 4.79 Å². The van der Waals surface area contributed by atoms with E-state index in [1.54, 1.807) is 17.3 Å². The highest BCUT2D eigenvalue weighted by atomic mass is 16.2. The largest absolute Gasteiger partial charge is 0.346 e. The predicted molar refractivity (Wildman–Crippen MR) is 51.1 cm³/mol. The Bertz CT molecular complexity index is 222. The first-order valence-electron chi connectivity index (χ1n) is 4.39. The normalized spacial score (nSPS) is 15.2. The number of hydrogen-bond donors (Lipinski definition) is 0. The summed E-state index contributed by atoms with van der Waals surface area (Å²) in [6.07, 6.45) is 5.31. The SMILES string of the molecule is CN1CCCC1=O.c1ccncc1. The van der Waals surface area contributed by atoms with E-state index in [2.05, 4.69) is 4.98 Å². The minimum absolute atomic E-state index is 0.292. The molecule has 0 saturated carbocycles. The maximum absolute atomic E-state index is 10.5. The summed E-state index contributed by atoms with van der Waals surface area (Å²) in [4.78, 5) is 16.0. The lowest BCUT2D eigenvalue weighted by molar-refractivity contribution is -0.126. The zero-order valence-corrected chi connectivity index (χ0v) is 7.81. The summed E-state index contributed by atoms with van der Waals surface area (Å²) < 4.78 is 0. The van der Waals surface area contributed by atoms with Gasteiger partial charge in [0, 0.05) is 32.4 Å². The fourth-order valence-electron chi connectivity index (χ4n) is 1.10. The van der Waals surface area contributed by atoms with Gasteiger partial charge in [0.25, 0.3) is 0 Å². The van der Waals surface area contributed by atoms with E-state index in [-0.39, 0.29) is 0 Å². The number of hydrogen-bond acceptors (Lipinski definition) is 2. The van der Waals surface area contributed by atoms with Crippen LogP contribution in [0.25, 0.3) is 0 Å². The van der Waals surface area contributed by atoms with Crippen LogP contribution in [0, 0.1) is 0 Å². The van der Waals surface area contributed by atoms with E-state index in [1.165, 1.54) is 0 Å². The molecule has 0 atom stereocenters. The van der Waals surface area contributed by atoms with Crippen molar-refractivity contribution in [3.63, 3.8) is 0 Å². The molecule has 2 heterocycles. The van der Waals surface area contributed by atoms with E-state index in [0.717, 1.165) is 19.4 Å². The number of likely N-dealkylation sites (tertiary alicyclic amines) is 1. The van der Waals surface area contributed by atoms with Gasteiger partial charge in [-0.2, -0.15) is 0 Å². The summed E-state index contributed by atoms with van der Waals surface area (Å²) in [6.45, 7) is 0.957. The van der Waals surface area contributed by atoms with Gasteiger partial charge in [-0.25, -0.2) is 0 Å². The number of rotatable bonds is 0. The lowest BCUT2D eigenvalue weighted by Gasteiger charge is -2.03. The highest BCUT2D eigenvalue weighted by Crippen LogP contribution is 2.04. The monoisotopic (exact) mass is 178 g/mol. The minimum atomic E-state index is 0.292. The molecule has 0 spiro atoms. The average Bonchev–Trinajstić information content (AvgIpc) is 2.55. The van der Waals surface area contributed by atoms with Crippen LogP contribution in [0.1, 0.15) is 12.8 Å². The molecule has 13 heavy (non-hydrogen) atoms. The molecule has 0 N–H and O–H groups in total. The second-order valence-electron chi connectivity index (χ2n) is 2.94. The Morgan fingerprint density at radius 2 is 2.00 bits per heavy atom. The Kier molecular flexibility index (Phi) is 3.96. The Hall–Kier alpha value is -1.38. The molecule has 3 nitrogen and oxygen atoms in total. The summed E-state index contributed by atoms with van der Waals surface area (Å²) in [6, 6.07) is 5.72. The Balaban J connectivity index is 0.000000132. The van der Waals surface area contributed by atoms with E-state index in [4.69, 9.17) is 0 Å². The van der Waals surface area contributed by atoms with E-state index < -0.39 is 0 Å². The van der Waals surface area contributed by atoms with Gasteiger partial charge in [-0.05, 0) is 18.6 Å². The average molecular weight is 178 g/mol. The molecule has 1 amide bonds. The molecule has 1 aromatic rings. The Morgan fingerprint density at radius 3 is 2.15 bits per heavy atom. The van der Waals surface area contributed by atoms with Gasteiger partial charge in [0.1, 0.15) is 0 Å². The molecule has 0 radical (unpaired) electrons. The van der Waals surface area contributed by atoms with Crippen molar-refractivity contribution in [3.8, 4) is 0 Å². The topological polar surface area (TPSA) is 33.2 Å². The standard InChI is InChI=1S/C5H9NO.C5H5N/c1-6-4-2-3-5(6)7;1-2-4-6-5-3-1/h2-4H2,1H3;1-5H. The summed E-state index contributed by atoms with van der Waals surface area (Å²) >= 11 is 0. The van der Waals surface area contributed by atoms with Crippen LogP contribution >= 0.6 is 0 Å². The zero-order valence-electron chi connectivity index (χ0n) is 7.81. The molecule has 3 heteroatoms. The van der Waals surface area contributed by atoms with Crippen LogP contribution in [0.15, 0.2) is 30.6 Å². The van der Waals surface area contributed by atoms with E-state index in [0.29, 0.717) is 5.91 Å². The third kappa shape index (κ3) is 3.69. The van der Waals surface area contributed by atoms with Crippen molar-refractivity contribution >= 4 is 5.91 Å². The molecule has 70 valence electrons. The molecule has 0 aromatic carbocycles. The van der Waals surface area contributed by atoms with Crippen molar-refractivity contribution in [2.75, 3.05) is 13.6 Å². The van der Waals surface area contributed by atoms with Crippen molar-refractivity contribution in [2.45, 2.75) is 12.8 Å². The van der Waals surface area contributed by atoms with Gasteiger partial charge in [0.2, 0.25) is 5.91 Å². The third-order valence-electron chi connectivity index (χ3n) is 1.88. The first-order chi connectivity index (χ1) is 6.30. The second kappa shape index (κ2) is 5.30. The van der Waals surface area contributed by atoms with Crippen molar-refractivity contribution in [3.05, 3.63) is 30.6 Å². The van der Waals surface area contributed by atoms with Crippen LogP contribution in [0.4, 0.5) is 0 Å². The van der Waals surface area contributed by atoms with Gasteiger partial charge < -0.3 is 4.90 Å². The van der Waals surface area contributed by atoms with Crippen LogP contribution in [0.2, 0.25) is 0 Å². The molecule has 1 aliphatic heterocycles. The number of nitrogens with zero attached hydrogens (tertiary/aromatic N) is 2. The fourth-order valence-corrected chi connectivity index (χ4v) is 1.10. The van der Waals surface area contributed by atoms with Gasteiger partial charge in [0.15, 0.2) is 0 Å². The van der Waals surface area contributed by atoms with E-state index in [9.17, 15) is 4.79 Å². The maximum atomic E-state index is 10.5. The molecule has 0 unspecified atom stereocenters. The Labute approximate surface area is 78.4 Å².